The van der Waals surface area contributed by atoms with Gasteiger partial charge in [-0.05, 0) is 31.2 Å². The monoisotopic (exact) mass is 250 g/mol. The Labute approximate surface area is 104 Å². The molecule has 90 valence electrons. The van der Waals surface area contributed by atoms with Crippen LogP contribution in [-0.2, 0) is 9.63 Å². The lowest BCUT2D eigenvalue weighted by Gasteiger charge is -2.20. The summed E-state index contributed by atoms with van der Waals surface area (Å²) in [6.45, 7) is 1.80. The van der Waals surface area contributed by atoms with E-state index < -0.39 is 5.60 Å². The van der Waals surface area contributed by atoms with Crippen molar-refractivity contribution >= 4 is 23.0 Å². The van der Waals surface area contributed by atoms with Gasteiger partial charge in [0.05, 0.1) is 4.88 Å². The van der Waals surface area contributed by atoms with E-state index in [1.807, 2.05) is 17.5 Å². The van der Waals surface area contributed by atoms with Crippen LogP contribution in [0.15, 0.2) is 22.7 Å². The fourth-order valence-electron chi connectivity index (χ4n) is 1.80. The van der Waals surface area contributed by atoms with E-state index in [0.717, 1.165) is 23.4 Å². The Morgan fingerprint density at radius 1 is 1.65 bits per heavy atom. The van der Waals surface area contributed by atoms with E-state index in [1.165, 1.54) is 0 Å². The average Bonchev–Trinajstić information content (AvgIpc) is 2.83. The van der Waals surface area contributed by atoms with Crippen molar-refractivity contribution in [3.8, 4) is 0 Å². The number of rotatable bonds is 3. The fraction of sp³-hybridized carbons (Fsp3) is 0.500. The minimum absolute atomic E-state index is 0.0460. The molecule has 0 aromatic carbocycles. The second kappa shape index (κ2) is 3.84. The molecule has 2 heterocycles. The molecule has 5 heteroatoms. The molecule has 17 heavy (non-hydrogen) atoms. The first-order valence-electron chi connectivity index (χ1n) is 5.77. The second-order valence-corrected chi connectivity index (χ2v) is 5.71. The van der Waals surface area contributed by atoms with Crippen molar-refractivity contribution < 1.29 is 9.63 Å². The van der Waals surface area contributed by atoms with Gasteiger partial charge in [-0.1, -0.05) is 11.2 Å². The molecule has 1 aliphatic carbocycles. The predicted molar refractivity (Wildman–Crippen MR) is 66.1 cm³/mol. The van der Waals surface area contributed by atoms with Gasteiger partial charge in [0, 0.05) is 12.5 Å². The van der Waals surface area contributed by atoms with Crippen molar-refractivity contribution in [3.05, 3.63) is 22.4 Å². The number of thiophene rings is 1. The average molecular weight is 250 g/mol. The molecule has 0 radical (unpaired) electrons. The van der Waals surface area contributed by atoms with Gasteiger partial charge in [0.2, 0.25) is 5.60 Å². The van der Waals surface area contributed by atoms with Gasteiger partial charge >= 0.3 is 0 Å². The highest BCUT2D eigenvalue weighted by atomic mass is 32.1. The summed E-state index contributed by atoms with van der Waals surface area (Å²) in [6.07, 6.45) is 2.72. The molecule has 1 saturated carbocycles. The van der Waals surface area contributed by atoms with Gasteiger partial charge < -0.3 is 10.2 Å². The highest BCUT2D eigenvalue weighted by Gasteiger charge is 2.44. The molecular weight excluding hydrogens is 236 g/mol. The van der Waals surface area contributed by atoms with E-state index in [9.17, 15) is 4.79 Å². The van der Waals surface area contributed by atoms with Crippen LogP contribution >= 0.6 is 11.3 Å². The molecule has 0 saturated heterocycles. The molecule has 1 aliphatic heterocycles. The van der Waals surface area contributed by atoms with Gasteiger partial charge in [-0.15, -0.1) is 11.3 Å². The number of nitrogens with zero attached hydrogens (tertiary/aromatic N) is 1. The molecule has 1 aromatic rings. The Balaban J connectivity index is 1.69. The van der Waals surface area contributed by atoms with Crippen molar-refractivity contribution in [2.75, 3.05) is 0 Å². The zero-order chi connectivity index (χ0) is 11.9. The van der Waals surface area contributed by atoms with Crippen LogP contribution in [0.2, 0.25) is 0 Å². The molecule has 1 unspecified atom stereocenters. The van der Waals surface area contributed by atoms with Gasteiger partial charge in [-0.3, -0.25) is 4.79 Å². The Hall–Kier alpha value is -1.36. The molecule has 1 amide bonds. The van der Waals surface area contributed by atoms with Crippen molar-refractivity contribution in [2.24, 2.45) is 5.16 Å². The smallest absolute Gasteiger partial charge is 0.267 e. The summed E-state index contributed by atoms with van der Waals surface area (Å²) in [5, 5.41) is 9.01. The van der Waals surface area contributed by atoms with Gasteiger partial charge in [-0.2, -0.15) is 0 Å². The maximum Gasteiger partial charge on any atom is 0.267 e. The van der Waals surface area contributed by atoms with Crippen LogP contribution in [0, 0.1) is 0 Å². The van der Waals surface area contributed by atoms with Crippen LogP contribution in [0.25, 0.3) is 0 Å². The summed E-state index contributed by atoms with van der Waals surface area (Å²) < 4.78 is 0. The molecule has 0 bridgehead atoms. The first-order valence-corrected chi connectivity index (χ1v) is 6.65. The van der Waals surface area contributed by atoms with Crippen molar-refractivity contribution in [2.45, 2.75) is 37.8 Å². The molecule has 0 spiro atoms. The van der Waals surface area contributed by atoms with Crippen molar-refractivity contribution in [1.82, 2.24) is 5.32 Å². The molecule has 2 aliphatic rings. The van der Waals surface area contributed by atoms with Crippen LogP contribution in [0.1, 0.15) is 31.1 Å². The number of amides is 1. The summed E-state index contributed by atoms with van der Waals surface area (Å²) in [4.78, 5) is 18.5. The third-order valence-electron chi connectivity index (χ3n) is 3.06. The first kappa shape index (κ1) is 10.8. The summed E-state index contributed by atoms with van der Waals surface area (Å²) in [6, 6.07) is 4.33. The molecule has 1 aromatic heterocycles. The molecular formula is C12H14N2O2S. The summed E-state index contributed by atoms with van der Waals surface area (Å²) >= 11 is 1.62. The minimum Gasteiger partial charge on any atom is -0.379 e. The quantitative estimate of drug-likeness (QED) is 0.891. The molecule has 1 N–H and O–H groups in total. The highest BCUT2D eigenvalue weighted by molar-refractivity contribution is 7.12. The van der Waals surface area contributed by atoms with E-state index in [-0.39, 0.29) is 5.91 Å². The van der Waals surface area contributed by atoms with Crippen molar-refractivity contribution in [1.29, 1.82) is 0 Å². The van der Waals surface area contributed by atoms with Crippen molar-refractivity contribution in [3.63, 3.8) is 0 Å². The first-order chi connectivity index (χ1) is 8.17. The standard InChI is InChI=1S/C12H14N2O2S/c1-12(11(15)13-8-4-5-8)7-9(14-16-12)10-3-2-6-17-10/h2-3,6,8H,4-5,7H2,1H3,(H,13,15). The third-order valence-corrected chi connectivity index (χ3v) is 3.98. The molecule has 3 rings (SSSR count). The van der Waals surface area contributed by atoms with Gasteiger partial charge in [0.15, 0.2) is 0 Å². The fourth-order valence-corrected chi connectivity index (χ4v) is 2.51. The largest absolute Gasteiger partial charge is 0.379 e. The summed E-state index contributed by atoms with van der Waals surface area (Å²) in [7, 11) is 0. The van der Waals surface area contributed by atoms with E-state index in [4.69, 9.17) is 4.84 Å². The van der Waals surface area contributed by atoms with Gasteiger partial charge in [0.1, 0.15) is 5.71 Å². The van der Waals surface area contributed by atoms with Crippen LogP contribution in [-0.4, -0.2) is 23.3 Å². The maximum absolute atomic E-state index is 12.0. The zero-order valence-corrected chi connectivity index (χ0v) is 10.4. The lowest BCUT2D eigenvalue weighted by molar-refractivity contribution is -0.141. The van der Waals surface area contributed by atoms with E-state index in [2.05, 4.69) is 10.5 Å². The van der Waals surface area contributed by atoms with Crippen LogP contribution in [0.4, 0.5) is 0 Å². The number of oxime groups is 1. The van der Waals surface area contributed by atoms with Crippen LogP contribution in [0.3, 0.4) is 0 Å². The molecule has 4 nitrogen and oxygen atoms in total. The highest BCUT2D eigenvalue weighted by Crippen LogP contribution is 2.29. The second-order valence-electron chi connectivity index (χ2n) is 4.76. The summed E-state index contributed by atoms with van der Waals surface area (Å²) in [5.41, 5.74) is 0.0375. The van der Waals surface area contributed by atoms with Crippen LogP contribution < -0.4 is 5.32 Å². The Bertz CT molecular complexity index is 465. The Kier molecular flexibility index (Phi) is 2.43. The van der Waals surface area contributed by atoms with Crippen LogP contribution in [0.5, 0.6) is 0 Å². The molecule has 1 fully saturated rings. The Morgan fingerprint density at radius 2 is 2.47 bits per heavy atom. The van der Waals surface area contributed by atoms with E-state index in [0.29, 0.717) is 12.5 Å². The predicted octanol–water partition coefficient (Wildman–Crippen LogP) is 1.91. The molecule has 1 atom stereocenters. The minimum atomic E-state index is -0.831. The van der Waals surface area contributed by atoms with Gasteiger partial charge in [-0.25, -0.2) is 0 Å². The zero-order valence-electron chi connectivity index (χ0n) is 9.60. The number of carbonyl (C=O) groups excluding carboxylic acids is 1. The third kappa shape index (κ3) is 2.07. The lowest BCUT2D eigenvalue weighted by atomic mass is 9.98. The topological polar surface area (TPSA) is 50.7 Å². The maximum atomic E-state index is 12.0. The number of hydrogen-bond donors (Lipinski definition) is 1. The van der Waals surface area contributed by atoms with E-state index >= 15 is 0 Å². The van der Waals surface area contributed by atoms with E-state index in [1.54, 1.807) is 18.3 Å². The normalized spacial score (nSPS) is 27.5. The van der Waals surface area contributed by atoms with Gasteiger partial charge in [0.25, 0.3) is 5.91 Å². The SMILES string of the molecule is CC1(C(=O)NC2CC2)CC(c2cccs2)=NO1. The number of nitrogens with one attached hydrogen (secondary N) is 1. The lowest BCUT2D eigenvalue weighted by Crippen LogP contribution is -2.45. The summed E-state index contributed by atoms with van der Waals surface area (Å²) in [5.74, 6) is -0.0460. The Morgan fingerprint density at radius 3 is 3.12 bits per heavy atom. The number of carbonyl (C=O) groups is 1. The number of hydrogen-bond acceptors (Lipinski definition) is 4.